The third-order valence-electron chi connectivity index (χ3n) is 3.35. The summed E-state index contributed by atoms with van der Waals surface area (Å²) in [5.41, 5.74) is 1.84. The van der Waals surface area contributed by atoms with Crippen molar-refractivity contribution in [3.8, 4) is 5.75 Å². The number of carbonyl (C=O) groups is 2. The second-order valence-electron chi connectivity index (χ2n) is 5.09. The molecule has 134 valence electrons. The lowest BCUT2D eigenvalue weighted by Gasteiger charge is -2.08. The van der Waals surface area contributed by atoms with Crippen LogP contribution < -0.4 is 15.4 Å². The molecule has 0 heterocycles. The SMILES string of the molecule is COC(=O)c1ccc(NC(=S)NC(=O)C=Cc2ccccc2OC)cc1. The molecule has 7 heteroatoms. The van der Waals surface area contributed by atoms with E-state index in [1.807, 2.05) is 24.3 Å². The number of ether oxygens (including phenoxy) is 2. The Kier molecular flexibility index (Phi) is 6.87. The lowest BCUT2D eigenvalue weighted by atomic mass is 10.2. The molecule has 2 rings (SSSR count). The molecule has 6 nitrogen and oxygen atoms in total. The van der Waals surface area contributed by atoms with E-state index in [0.29, 0.717) is 17.0 Å². The zero-order chi connectivity index (χ0) is 18.9. The highest BCUT2D eigenvalue weighted by Crippen LogP contribution is 2.18. The quantitative estimate of drug-likeness (QED) is 0.479. The van der Waals surface area contributed by atoms with E-state index in [0.717, 1.165) is 5.56 Å². The van der Waals surface area contributed by atoms with Gasteiger partial charge in [0.1, 0.15) is 5.75 Å². The molecule has 2 aromatic rings. The number of amides is 1. The van der Waals surface area contributed by atoms with E-state index in [4.69, 9.17) is 17.0 Å². The second-order valence-corrected chi connectivity index (χ2v) is 5.50. The summed E-state index contributed by atoms with van der Waals surface area (Å²) in [5, 5.41) is 5.56. The van der Waals surface area contributed by atoms with Crippen molar-refractivity contribution in [2.24, 2.45) is 0 Å². The van der Waals surface area contributed by atoms with E-state index in [2.05, 4.69) is 15.4 Å². The predicted molar refractivity (Wildman–Crippen MR) is 104 cm³/mol. The summed E-state index contributed by atoms with van der Waals surface area (Å²) in [6.45, 7) is 0. The molecule has 26 heavy (non-hydrogen) atoms. The normalized spacial score (nSPS) is 10.2. The maximum absolute atomic E-state index is 12.0. The Labute approximate surface area is 156 Å². The van der Waals surface area contributed by atoms with Crippen LogP contribution in [-0.4, -0.2) is 31.2 Å². The summed E-state index contributed by atoms with van der Waals surface area (Å²) in [4.78, 5) is 23.4. The van der Waals surface area contributed by atoms with Gasteiger partial charge in [0, 0.05) is 17.3 Å². The van der Waals surface area contributed by atoms with E-state index >= 15 is 0 Å². The minimum atomic E-state index is -0.422. The molecule has 0 radical (unpaired) electrons. The summed E-state index contributed by atoms with van der Waals surface area (Å²) in [6, 6.07) is 13.9. The number of thiocarbonyl (C=S) groups is 1. The third kappa shape index (κ3) is 5.42. The number of hydrogen-bond acceptors (Lipinski definition) is 5. The highest BCUT2D eigenvalue weighted by Gasteiger charge is 2.06. The molecule has 2 N–H and O–H groups in total. The molecule has 0 saturated carbocycles. The van der Waals surface area contributed by atoms with E-state index in [1.165, 1.54) is 13.2 Å². The van der Waals surface area contributed by atoms with Crippen molar-refractivity contribution in [3.63, 3.8) is 0 Å². The van der Waals surface area contributed by atoms with Crippen molar-refractivity contribution in [1.82, 2.24) is 5.32 Å². The van der Waals surface area contributed by atoms with Crippen LogP contribution in [0.15, 0.2) is 54.6 Å². The topological polar surface area (TPSA) is 76.7 Å². The average Bonchev–Trinajstić information content (AvgIpc) is 2.66. The van der Waals surface area contributed by atoms with Crippen LogP contribution in [0, 0.1) is 0 Å². The first kappa shape index (κ1) is 19.1. The first-order valence-corrected chi connectivity index (χ1v) is 8.05. The molecule has 0 atom stereocenters. The summed E-state index contributed by atoms with van der Waals surface area (Å²) in [5.74, 6) is -0.128. The molecule has 0 fully saturated rings. The maximum atomic E-state index is 12.0. The van der Waals surface area contributed by atoms with Crippen LogP contribution in [0.5, 0.6) is 5.75 Å². The molecule has 0 spiro atoms. The first-order valence-electron chi connectivity index (χ1n) is 7.65. The molecule has 0 unspecified atom stereocenters. The van der Waals surface area contributed by atoms with Gasteiger partial charge in [0.05, 0.1) is 19.8 Å². The Balaban J connectivity index is 1.92. The van der Waals surface area contributed by atoms with Crippen LogP contribution in [0.2, 0.25) is 0 Å². The summed E-state index contributed by atoms with van der Waals surface area (Å²) >= 11 is 5.11. The van der Waals surface area contributed by atoms with Gasteiger partial charge in [0.15, 0.2) is 5.11 Å². The number of rotatable bonds is 5. The Hall–Kier alpha value is -3.19. The zero-order valence-electron chi connectivity index (χ0n) is 14.3. The van der Waals surface area contributed by atoms with Gasteiger partial charge < -0.3 is 14.8 Å². The number of methoxy groups -OCH3 is 2. The number of benzene rings is 2. The van der Waals surface area contributed by atoms with Crippen LogP contribution in [0.1, 0.15) is 15.9 Å². The Bertz CT molecular complexity index is 832. The summed E-state index contributed by atoms with van der Waals surface area (Å²) < 4.78 is 9.85. The highest BCUT2D eigenvalue weighted by atomic mass is 32.1. The van der Waals surface area contributed by atoms with Crippen molar-refractivity contribution in [2.75, 3.05) is 19.5 Å². The van der Waals surface area contributed by atoms with Gasteiger partial charge >= 0.3 is 5.97 Å². The minimum Gasteiger partial charge on any atom is -0.496 e. The van der Waals surface area contributed by atoms with Gasteiger partial charge in [-0.1, -0.05) is 18.2 Å². The molecule has 0 aliphatic carbocycles. The molecule has 0 saturated heterocycles. The lowest BCUT2D eigenvalue weighted by molar-refractivity contribution is -0.115. The highest BCUT2D eigenvalue weighted by molar-refractivity contribution is 7.80. The van der Waals surface area contributed by atoms with E-state index in [-0.39, 0.29) is 11.0 Å². The fraction of sp³-hybridized carbons (Fsp3) is 0.105. The van der Waals surface area contributed by atoms with E-state index < -0.39 is 5.97 Å². The fourth-order valence-corrected chi connectivity index (χ4v) is 2.31. The van der Waals surface area contributed by atoms with Gasteiger partial charge in [-0.25, -0.2) is 4.79 Å². The number of esters is 1. The van der Waals surface area contributed by atoms with E-state index in [1.54, 1.807) is 37.5 Å². The molecule has 0 aliphatic heterocycles. The maximum Gasteiger partial charge on any atom is 0.337 e. The van der Waals surface area contributed by atoms with Gasteiger partial charge in [-0.2, -0.15) is 0 Å². The molecular weight excluding hydrogens is 352 g/mol. The monoisotopic (exact) mass is 370 g/mol. The van der Waals surface area contributed by atoms with Crippen molar-refractivity contribution >= 4 is 41.0 Å². The van der Waals surface area contributed by atoms with Gasteiger partial charge in [-0.05, 0) is 48.6 Å². The Morgan fingerprint density at radius 3 is 2.38 bits per heavy atom. The average molecular weight is 370 g/mol. The minimum absolute atomic E-state index is 0.144. The largest absolute Gasteiger partial charge is 0.496 e. The van der Waals surface area contributed by atoms with E-state index in [9.17, 15) is 9.59 Å². The van der Waals surface area contributed by atoms with Crippen molar-refractivity contribution in [1.29, 1.82) is 0 Å². The van der Waals surface area contributed by atoms with Crippen molar-refractivity contribution < 1.29 is 19.1 Å². The summed E-state index contributed by atoms with van der Waals surface area (Å²) in [6.07, 6.45) is 3.01. The van der Waals surface area contributed by atoms with Gasteiger partial charge in [0.25, 0.3) is 0 Å². The molecule has 0 aliphatic rings. The smallest absolute Gasteiger partial charge is 0.337 e. The number of para-hydroxylation sites is 1. The Morgan fingerprint density at radius 2 is 1.73 bits per heavy atom. The van der Waals surface area contributed by atoms with Crippen LogP contribution in [0.4, 0.5) is 5.69 Å². The molecule has 1 amide bonds. The van der Waals surface area contributed by atoms with Gasteiger partial charge in [0.2, 0.25) is 5.91 Å². The van der Waals surface area contributed by atoms with Crippen molar-refractivity contribution in [2.45, 2.75) is 0 Å². The number of hydrogen-bond donors (Lipinski definition) is 2. The third-order valence-corrected chi connectivity index (χ3v) is 3.56. The van der Waals surface area contributed by atoms with Gasteiger partial charge in [-0.3, -0.25) is 10.1 Å². The van der Waals surface area contributed by atoms with Crippen LogP contribution in [0.25, 0.3) is 6.08 Å². The number of carbonyl (C=O) groups excluding carboxylic acids is 2. The zero-order valence-corrected chi connectivity index (χ0v) is 15.1. The standard InChI is InChI=1S/C19H18N2O4S/c1-24-16-6-4-3-5-13(16)9-12-17(22)21-19(26)20-15-10-7-14(8-11-15)18(23)25-2/h3-12H,1-2H3,(H2,20,21,22,26). The molecule has 2 aromatic carbocycles. The number of anilines is 1. The van der Waals surface area contributed by atoms with Crippen LogP contribution in [-0.2, 0) is 9.53 Å². The van der Waals surface area contributed by atoms with Gasteiger partial charge in [-0.15, -0.1) is 0 Å². The predicted octanol–water partition coefficient (Wildman–Crippen LogP) is 3.01. The fourth-order valence-electron chi connectivity index (χ4n) is 2.09. The lowest BCUT2D eigenvalue weighted by Crippen LogP contribution is -2.32. The summed E-state index contributed by atoms with van der Waals surface area (Å²) in [7, 11) is 2.88. The van der Waals surface area contributed by atoms with Crippen LogP contribution in [0.3, 0.4) is 0 Å². The number of nitrogens with one attached hydrogen (secondary N) is 2. The first-order chi connectivity index (χ1) is 12.5. The van der Waals surface area contributed by atoms with Crippen molar-refractivity contribution in [3.05, 3.63) is 65.7 Å². The molecule has 0 aromatic heterocycles. The Morgan fingerprint density at radius 1 is 1.04 bits per heavy atom. The van der Waals surface area contributed by atoms with Crippen LogP contribution >= 0.6 is 12.2 Å². The molecular formula is C19H18N2O4S. The molecule has 0 bridgehead atoms. The second kappa shape index (κ2) is 9.33.